The van der Waals surface area contributed by atoms with Crippen molar-refractivity contribution in [1.29, 1.82) is 0 Å². The lowest BCUT2D eigenvalue weighted by Gasteiger charge is -2.14. The van der Waals surface area contributed by atoms with Crippen molar-refractivity contribution in [2.24, 2.45) is 5.73 Å². The first-order valence-electron chi connectivity index (χ1n) is 6.37. The minimum absolute atomic E-state index is 0.402. The first-order valence-corrected chi connectivity index (χ1v) is 7.45. The van der Waals surface area contributed by atoms with E-state index < -0.39 is 5.91 Å². The maximum atomic E-state index is 11.3. The molecule has 0 atom stereocenters. The Morgan fingerprint density at radius 3 is 2.48 bits per heavy atom. The van der Waals surface area contributed by atoms with Gasteiger partial charge in [-0.25, -0.2) is 0 Å². The fraction of sp³-hybridized carbons (Fsp3) is 0.188. The summed E-state index contributed by atoms with van der Waals surface area (Å²) in [7, 11) is 1.54. The summed E-state index contributed by atoms with van der Waals surface area (Å²) in [6.07, 6.45) is 0. The second kappa shape index (κ2) is 6.80. The van der Waals surface area contributed by atoms with Gasteiger partial charge in [0.1, 0.15) is 6.61 Å². The average molecular weight is 397 g/mol. The van der Waals surface area contributed by atoms with Crippen LogP contribution in [0.2, 0.25) is 0 Å². The maximum absolute atomic E-state index is 11.3. The van der Waals surface area contributed by atoms with Gasteiger partial charge >= 0.3 is 0 Å². The lowest BCUT2D eigenvalue weighted by atomic mass is 10.1. The number of amides is 1. The van der Waals surface area contributed by atoms with Crippen LogP contribution in [0.3, 0.4) is 0 Å². The molecule has 110 valence electrons. The maximum Gasteiger partial charge on any atom is 0.248 e. The number of hydrogen-bond donors (Lipinski definition) is 1. The molecule has 0 aliphatic heterocycles. The fourth-order valence-electron chi connectivity index (χ4n) is 1.84. The van der Waals surface area contributed by atoms with E-state index in [1.54, 1.807) is 12.1 Å². The Morgan fingerprint density at radius 1 is 1.24 bits per heavy atom. The highest BCUT2D eigenvalue weighted by atomic mass is 127. The zero-order chi connectivity index (χ0) is 15.4. The number of nitrogens with two attached hydrogens (primary N) is 1. The molecule has 0 aliphatic carbocycles. The third kappa shape index (κ3) is 3.87. The van der Waals surface area contributed by atoms with Crippen molar-refractivity contribution in [1.82, 2.24) is 0 Å². The molecule has 5 heteroatoms. The number of benzene rings is 2. The van der Waals surface area contributed by atoms with Gasteiger partial charge in [-0.1, -0.05) is 29.8 Å². The Bertz CT molecular complexity index is 653. The summed E-state index contributed by atoms with van der Waals surface area (Å²) in [5.74, 6) is 0.628. The number of methoxy groups -OCH3 is 1. The van der Waals surface area contributed by atoms with Crippen LogP contribution in [0.4, 0.5) is 0 Å². The molecule has 4 nitrogen and oxygen atoms in total. The molecule has 21 heavy (non-hydrogen) atoms. The van der Waals surface area contributed by atoms with Crippen LogP contribution >= 0.6 is 22.6 Å². The van der Waals surface area contributed by atoms with Crippen LogP contribution in [-0.4, -0.2) is 13.0 Å². The molecule has 0 bridgehead atoms. The van der Waals surface area contributed by atoms with Crippen LogP contribution in [0.25, 0.3) is 0 Å². The molecule has 0 aromatic heterocycles. The van der Waals surface area contributed by atoms with Crippen LogP contribution in [0.5, 0.6) is 11.5 Å². The molecule has 0 aliphatic rings. The summed E-state index contributed by atoms with van der Waals surface area (Å²) in [5.41, 5.74) is 7.97. The van der Waals surface area contributed by atoms with Crippen LogP contribution in [0.1, 0.15) is 21.5 Å². The first kappa shape index (κ1) is 15.6. The highest BCUT2D eigenvalue weighted by Gasteiger charge is 2.14. The molecule has 2 aromatic carbocycles. The third-order valence-corrected chi connectivity index (χ3v) is 3.82. The van der Waals surface area contributed by atoms with E-state index in [1.807, 2.05) is 31.2 Å². The molecule has 2 N–H and O–H groups in total. The van der Waals surface area contributed by atoms with Crippen molar-refractivity contribution in [3.05, 3.63) is 56.7 Å². The van der Waals surface area contributed by atoms with Gasteiger partial charge < -0.3 is 15.2 Å². The number of hydrogen-bond acceptors (Lipinski definition) is 3. The molecule has 0 saturated heterocycles. The van der Waals surface area contributed by atoms with Crippen LogP contribution in [0, 0.1) is 10.5 Å². The number of primary amides is 1. The van der Waals surface area contributed by atoms with Gasteiger partial charge in [-0.15, -0.1) is 0 Å². The first-order chi connectivity index (χ1) is 10.0. The standard InChI is InChI=1S/C16H16INO3/c1-10-3-5-11(6-4-10)9-21-15-13(17)7-12(16(18)19)8-14(15)20-2/h3-8H,9H2,1-2H3,(H2,18,19). The molecule has 0 saturated carbocycles. The summed E-state index contributed by atoms with van der Waals surface area (Å²) in [6.45, 7) is 2.47. The van der Waals surface area contributed by atoms with E-state index >= 15 is 0 Å². The van der Waals surface area contributed by atoms with Crippen LogP contribution in [-0.2, 0) is 6.61 Å². The average Bonchev–Trinajstić information content (AvgIpc) is 2.46. The van der Waals surface area contributed by atoms with E-state index in [1.165, 1.54) is 12.7 Å². The largest absolute Gasteiger partial charge is 0.493 e. The predicted molar refractivity (Wildman–Crippen MR) is 89.7 cm³/mol. The summed E-state index contributed by atoms with van der Waals surface area (Å²) in [4.78, 5) is 11.3. The zero-order valence-electron chi connectivity index (χ0n) is 11.9. The van der Waals surface area contributed by atoms with Crippen LogP contribution < -0.4 is 15.2 Å². The van der Waals surface area contributed by atoms with E-state index in [0.29, 0.717) is 23.7 Å². The molecule has 0 radical (unpaired) electrons. The molecule has 0 spiro atoms. The molecular formula is C16H16INO3. The summed E-state index contributed by atoms with van der Waals surface area (Å²) in [5, 5.41) is 0. The Morgan fingerprint density at radius 2 is 1.90 bits per heavy atom. The topological polar surface area (TPSA) is 61.5 Å². The molecule has 0 fully saturated rings. The molecule has 0 heterocycles. The number of carbonyl (C=O) groups is 1. The number of halogens is 1. The minimum atomic E-state index is -0.490. The number of carbonyl (C=O) groups excluding carboxylic acids is 1. The quantitative estimate of drug-likeness (QED) is 0.788. The van der Waals surface area contributed by atoms with E-state index in [9.17, 15) is 4.79 Å². The summed E-state index contributed by atoms with van der Waals surface area (Å²) >= 11 is 2.10. The summed E-state index contributed by atoms with van der Waals surface area (Å²) < 4.78 is 11.9. The monoisotopic (exact) mass is 397 g/mol. The lowest BCUT2D eigenvalue weighted by molar-refractivity contribution is 0.1000. The second-order valence-corrected chi connectivity index (χ2v) is 5.79. The lowest BCUT2D eigenvalue weighted by Crippen LogP contribution is -2.12. The minimum Gasteiger partial charge on any atom is -0.493 e. The van der Waals surface area contributed by atoms with Gasteiger partial charge in [0, 0.05) is 5.56 Å². The van der Waals surface area contributed by atoms with Gasteiger partial charge in [-0.2, -0.15) is 0 Å². The van der Waals surface area contributed by atoms with E-state index in [4.69, 9.17) is 15.2 Å². The second-order valence-electron chi connectivity index (χ2n) is 4.63. The number of ether oxygens (including phenoxy) is 2. The SMILES string of the molecule is COc1cc(C(N)=O)cc(I)c1OCc1ccc(C)cc1. The molecular weight excluding hydrogens is 381 g/mol. The third-order valence-electron chi connectivity index (χ3n) is 3.02. The zero-order valence-corrected chi connectivity index (χ0v) is 14.0. The Labute approximate surface area is 137 Å². The molecule has 2 aromatic rings. The van der Waals surface area contributed by atoms with Crippen molar-refractivity contribution in [2.75, 3.05) is 7.11 Å². The van der Waals surface area contributed by atoms with Gasteiger partial charge in [0.2, 0.25) is 5.91 Å². The number of aryl methyl sites for hydroxylation is 1. The smallest absolute Gasteiger partial charge is 0.248 e. The van der Waals surface area contributed by atoms with Gasteiger partial charge in [0.25, 0.3) is 0 Å². The van der Waals surface area contributed by atoms with E-state index in [-0.39, 0.29) is 0 Å². The van der Waals surface area contributed by atoms with Gasteiger partial charge in [0.15, 0.2) is 11.5 Å². The van der Waals surface area contributed by atoms with Crippen molar-refractivity contribution < 1.29 is 14.3 Å². The summed E-state index contributed by atoms with van der Waals surface area (Å²) in [6, 6.07) is 11.4. The Kier molecular flexibility index (Phi) is 5.06. The Hall–Kier alpha value is -1.76. The molecule has 1 amide bonds. The van der Waals surface area contributed by atoms with Gasteiger partial charge in [-0.3, -0.25) is 4.79 Å². The normalized spacial score (nSPS) is 10.2. The number of rotatable bonds is 5. The van der Waals surface area contributed by atoms with Crippen molar-refractivity contribution >= 4 is 28.5 Å². The van der Waals surface area contributed by atoms with Crippen molar-refractivity contribution in [3.8, 4) is 11.5 Å². The van der Waals surface area contributed by atoms with E-state index in [2.05, 4.69) is 22.6 Å². The van der Waals surface area contributed by atoms with Gasteiger partial charge in [0.05, 0.1) is 10.7 Å². The highest BCUT2D eigenvalue weighted by molar-refractivity contribution is 14.1. The van der Waals surface area contributed by atoms with Gasteiger partial charge in [-0.05, 0) is 47.2 Å². The molecule has 2 rings (SSSR count). The molecule has 0 unspecified atom stereocenters. The Balaban J connectivity index is 2.23. The predicted octanol–water partition coefficient (Wildman–Crippen LogP) is 3.29. The van der Waals surface area contributed by atoms with Crippen molar-refractivity contribution in [2.45, 2.75) is 13.5 Å². The highest BCUT2D eigenvalue weighted by Crippen LogP contribution is 2.34. The fourth-order valence-corrected chi connectivity index (χ4v) is 2.60. The van der Waals surface area contributed by atoms with Crippen molar-refractivity contribution in [3.63, 3.8) is 0 Å². The van der Waals surface area contributed by atoms with E-state index in [0.717, 1.165) is 9.13 Å². The van der Waals surface area contributed by atoms with Crippen LogP contribution in [0.15, 0.2) is 36.4 Å².